The summed E-state index contributed by atoms with van der Waals surface area (Å²) in [5.41, 5.74) is 11.7. The zero-order valence-corrected chi connectivity index (χ0v) is 29.1. The summed E-state index contributed by atoms with van der Waals surface area (Å²) in [7, 11) is 0. The highest BCUT2D eigenvalue weighted by molar-refractivity contribution is 5.91. The first-order valence-electron chi connectivity index (χ1n) is 18.3. The lowest BCUT2D eigenvalue weighted by Crippen LogP contribution is -2.32. The van der Waals surface area contributed by atoms with Crippen molar-refractivity contribution in [3.63, 3.8) is 0 Å². The molecule has 252 valence electrons. The van der Waals surface area contributed by atoms with E-state index >= 15 is 0 Å². The molecule has 11 rings (SSSR count). The summed E-state index contributed by atoms with van der Waals surface area (Å²) in [5.74, 6) is 3.66. The second-order valence-corrected chi connectivity index (χ2v) is 14.0. The molecule has 0 radical (unpaired) electrons. The van der Waals surface area contributed by atoms with E-state index in [0.29, 0.717) is 17.5 Å². The minimum absolute atomic E-state index is 0.526. The van der Waals surface area contributed by atoms with Crippen molar-refractivity contribution in [3.05, 3.63) is 210 Å². The topological polar surface area (TPSA) is 47.9 Å². The van der Waals surface area contributed by atoms with E-state index in [1.165, 1.54) is 33.0 Å². The lowest BCUT2D eigenvalue weighted by Gasteiger charge is -2.39. The van der Waals surface area contributed by atoms with Gasteiger partial charge in [0.1, 0.15) is 11.5 Å². The van der Waals surface area contributed by atoms with Gasteiger partial charge in [0.15, 0.2) is 17.5 Å². The minimum atomic E-state index is -0.526. The van der Waals surface area contributed by atoms with Crippen LogP contribution in [0, 0.1) is 0 Å². The SMILES string of the molecule is c1ccc(-c2nc(-c3ccc(-c4ccc5ccccc5c4)cc3)nc(-c3ccc4c(c3)-c3ccccc3C43c4ccccc4Oc4ccccc43)n2)cc1. The fourth-order valence-corrected chi connectivity index (χ4v) is 8.53. The molecule has 4 nitrogen and oxygen atoms in total. The van der Waals surface area contributed by atoms with E-state index in [9.17, 15) is 0 Å². The van der Waals surface area contributed by atoms with Crippen LogP contribution in [0.15, 0.2) is 188 Å². The van der Waals surface area contributed by atoms with Crippen molar-refractivity contribution in [1.82, 2.24) is 15.0 Å². The van der Waals surface area contributed by atoms with Crippen LogP contribution in [-0.2, 0) is 5.41 Å². The molecule has 0 saturated heterocycles. The van der Waals surface area contributed by atoms with Crippen molar-refractivity contribution < 1.29 is 4.74 Å². The van der Waals surface area contributed by atoms with E-state index < -0.39 is 5.41 Å². The largest absolute Gasteiger partial charge is 0.457 e. The van der Waals surface area contributed by atoms with E-state index in [-0.39, 0.29) is 0 Å². The zero-order chi connectivity index (χ0) is 35.6. The van der Waals surface area contributed by atoms with Crippen LogP contribution in [0.5, 0.6) is 11.5 Å². The van der Waals surface area contributed by atoms with Gasteiger partial charge in [0.2, 0.25) is 0 Å². The Hall–Kier alpha value is -7.17. The van der Waals surface area contributed by atoms with Crippen LogP contribution < -0.4 is 4.74 Å². The van der Waals surface area contributed by atoms with E-state index in [2.05, 4.69) is 158 Å². The van der Waals surface area contributed by atoms with Crippen molar-refractivity contribution >= 4 is 10.8 Å². The molecule has 8 aromatic carbocycles. The summed E-state index contributed by atoms with van der Waals surface area (Å²) in [6.07, 6.45) is 0. The number of hydrogen-bond donors (Lipinski definition) is 0. The van der Waals surface area contributed by atoms with Gasteiger partial charge >= 0.3 is 0 Å². The van der Waals surface area contributed by atoms with Gasteiger partial charge in [-0.25, -0.2) is 15.0 Å². The molecule has 1 spiro atoms. The van der Waals surface area contributed by atoms with Crippen LogP contribution in [-0.4, -0.2) is 15.0 Å². The summed E-state index contributed by atoms with van der Waals surface area (Å²) in [6, 6.07) is 66.1. The van der Waals surface area contributed by atoms with Crippen LogP contribution in [0.2, 0.25) is 0 Å². The van der Waals surface area contributed by atoms with Crippen LogP contribution in [0.25, 0.3) is 67.2 Å². The smallest absolute Gasteiger partial charge is 0.164 e. The molecule has 0 fully saturated rings. The molecule has 2 aliphatic rings. The second kappa shape index (κ2) is 11.9. The molecule has 54 heavy (non-hydrogen) atoms. The van der Waals surface area contributed by atoms with Gasteiger partial charge in [-0.1, -0.05) is 164 Å². The molecule has 0 unspecified atom stereocenters. The van der Waals surface area contributed by atoms with Crippen LogP contribution >= 0.6 is 0 Å². The Balaban J connectivity index is 1.07. The van der Waals surface area contributed by atoms with Gasteiger partial charge in [-0.3, -0.25) is 0 Å². The molecule has 0 atom stereocenters. The van der Waals surface area contributed by atoms with Gasteiger partial charge in [-0.05, 0) is 68.4 Å². The number of hydrogen-bond acceptors (Lipinski definition) is 4. The molecule has 4 heteroatoms. The maximum Gasteiger partial charge on any atom is 0.164 e. The third kappa shape index (κ3) is 4.60. The third-order valence-corrected chi connectivity index (χ3v) is 11.0. The van der Waals surface area contributed by atoms with E-state index in [1.807, 2.05) is 30.3 Å². The Morgan fingerprint density at radius 3 is 1.54 bits per heavy atom. The lowest BCUT2D eigenvalue weighted by atomic mass is 9.66. The number of aromatic nitrogens is 3. The summed E-state index contributed by atoms with van der Waals surface area (Å²) in [5, 5.41) is 2.46. The summed E-state index contributed by atoms with van der Waals surface area (Å²) >= 11 is 0. The van der Waals surface area contributed by atoms with Gasteiger partial charge in [0.25, 0.3) is 0 Å². The number of benzene rings is 8. The van der Waals surface area contributed by atoms with E-state index in [0.717, 1.165) is 50.4 Å². The quantitative estimate of drug-likeness (QED) is 0.185. The molecule has 0 amide bonds. The molecule has 0 bridgehead atoms. The first kappa shape index (κ1) is 30.5. The highest BCUT2D eigenvalue weighted by Gasteiger charge is 2.51. The van der Waals surface area contributed by atoms with Crippen molar-refractivity contribution in [2.45, 2.75) is 5.41 Å². The fraction of sp³-hybridized carbons (Fsp3) is 0.0200. The Kier molecular flexibility index (Phi) is 6.73. The van der Waals surface area contributed by atoms with Gasteiger partial charge in [-0.15, -0.1) is 0 Å². The summed E-state index contributed by atoms with van der Waals surface area (Å²) in [6.45, 7) is 0. The molecule has 0 saturated carbocycles. The summed E-state index contributed by atoms with van der Waals surface area (Å²) in [4.78, 5) is 15.3. The monoisotopic (exact) mass is 689 g/mol. The fourth-order valence-electron chi connectivity index (χ4n) is 8.53. The molecule has 0 N–H and O–H groups in total. The van der Waals surface area contributed by atoms with Crippen LogP contribution in [0.3, 0.4) is 0 Å². The number of fused-ring (bicyclic) bond motifs is 10. The number of nitrogens with zero attached hydrogens (tertiary/aromatic N) is 3. The Morgan fingerprint density at radius 1 is 0.315 bits per heavy atom. The third-order valence-electron chi connectivity index (χ3n) is 11.0. The maximum absolute atomic E-state index is 6.52. The van der Waals surface area contributed by atoms with Gasteiger partial charge < -0.3 is 4.74 Å². The van der Waals surface area contributed by atoms with Crippen LogP contribution in [0.4, 0.5) is 0 Å². The van der Waals surface area contributed by atoms with Crippen LogP contribution in [0.1, 0.15) is 22.3 Å². The van der Waals surface area contributed by atoms with Crippen molar-refractivity contribution in [3.8, 4) is 67.9 Å². The Morgan fingerprint density at radius 2 is 0.815 bits per heavy atom. The first-order chi connectivity index (χ1) is 26.7. The molecule has 1 aliphatic heterocycles. The van der Waals surface area contributed by atoms with E-state index in [4.69, 9.17) is 19.7 Å². The van der Waals surface area contributed by atoms with Gasteiger partial charge in [0.05, 0.1) is 5.41 Å². The normalized spacial score (nSPS) is 13.1. The average molecular weight is 690 g/mol. The van der Waals surface area contributed by atoms with Crippen molar-refractivity contribution in [2.75, 3.05) is 0 Å². The first-order valence-corrected chi connectivity index (χ1v) is 18.3. The minimum Gasteiger partial charge on any atom is -0.457 e. The average Bonchev–Trinajstić information content (AvgIpc) is 3.54. The second-order valence-electron chi connectivity index (χ2n) is 14.0. The zero-order valence-electron chi connectivity index (χ0n) is 29.1. The highest BCUT2D eigenvalue weighted by Crippen LogP contribution is 2.62. The summed E-state index contributed by atoms with van der Waals surface area (Å²) < 4.78 is 6.52. The van der Waals surface area contributed by atoms with E-state index in [1.54, 1.807) is 0 Å². The Bertz CT molecular complexity index is 2870. The molecule has 1 aromatic heterocycles. The number of para-hydroxylation sites is 2. The molecular weight excluding hydrogens is 659 g/mol. The number of ether oxygens (including phenoxy) is 1. The molecule has 2 heterocycles. The molecule has 1 aliphatic carbocycles. The van der Waals surface area contributed by atoms with Crippen molar-refractivity contribution in [1.29, 1.82) is 0 Å². The number of rotatable bonds is 4. The lowest BCUT2D eigenvalue weighted by molar-refractivity contribution is 0.436. The van der Waals surface area contributed by atoms with Gasteiger partial charge in [-0.2, -0.15) is 0 Å². The predicted molar refractivity (Wildman–Crippen MR) is 216 cm³/mol. The Labute approximate surface area is 313 Å². The van der Waals surface area contributed by atoms with Gasteiger partial charge in [0, 0.05) is 27.8 Å². The van der Waals surface area contributed by atoms with Crippen molar-refractivity contribution in [2.24, 2.45) is 0 Å². The highest BCUT2D eigenvalue weighted by atomic mass is 16.5. The standard InChI is InChI=1S/C50H31N3O/c1-2-13-34(14-3-1)47-51-48(35-25-22-33(23-26-35)37-27-24-32-12-4-5-15-36(32)30-37)53-49(52-47)38-28-29-42-40(31-38)39-16-6-7-17-41(39)50(42)43-18-8-10-20-45(43)54-46-21-11-9-19-44(46)50/h1-31H. The molecular formula is C50H31N3O. The maximum atomic E-state index is 6.52. The molecule has 9 aromatic rings. The predicted octanol–water partition coefficient (Wildman–Crippen LogP) is 12.2.